The van der Waals surface area contributed by atoms with Crippen LogP contribution in [0.2, 0.25) is 0 Å². The van der Waals surface area contributed by atoms with Crippen LogP contribution in [0.3, 0.4) is 0 Å². The number of carbonyl (C=O) groups is 3. The molecule has 0 rings (SSSR count). The van der Waals surface area contributed by atoms with Gasteiger partial charge in [0.25, 0.3) is 0 Å². The van der Waals surface area contributed by atoms with Gasteiger partial charge in [-0.1, -0.05) is 0 Å². The summed E-state index contributed by atoms with van der Waals surface area (Å²) in [5.74, 6) is -330. The Kier molecular flexibility index (Phi) is 25.2. The highest BCUT2D eigenvalue weighted by atomic mass is 27.3. The average Bonchev–Trinajstić information content (AvgIpc) is 0.688. The highest BCUT2D eigenvalue weighted by molar-refractivity contribution is 6.44. The highest BCUT2D eigenvalue weighted by Gasteiger charge is 3.04. The van der Waals surface area contributed by atoms with Gasteiger partial charge >= 0.3 is 229 Å². The Morgan fingerprint density at radius 1 is 0.125 bits per heavy atom. The lowest BCUT2D eigenvalue weighted by atomic mass is 9.85. The molecule has 0 aliphatic heterocycles. The van der Waals surface area contributed by atoms with Gasteiger partial charge < -0.3 is 11.4 Å². The number of halogens is 69. The van der Waals surface area contributed by atoms with E-state index >= 15 is 0 Å². The van der Waals surface area contributed by atoms with Crippen molar-refractivity contribution >= 4 is 33.1 Å². The fraction of sp³-hybridized carbons (Fsp3) is 0.917. The Bertz CT molecular complexity index is 3090. The molecule has 0 bridgehead atoms. The molecule has 0 radical (unpaired) electrons. The van der Waals surface area contributed by atoms with Gasteiger partial charge in [0.1, 0.15) is 0 Å². The van der Waals surface area contributed by atoms with Crippen molar-refractivity contribution in [3.63, 3.8) is 0 Å². The van der Waals surface area contributed by atoms with E-state index in [0.29, 0.717) is 0 Å². The maximum atomic E-state index is 14.8. The van der Waals surface area contributed by atoms with Gasteiger partial charge in [-0.3, -0.25) is 0 Å². The molecule has 0 aliphatic carbocycles. The normalized spacial score (nSPS) is 16.9. The number of hydrogen-bond donors (Lipinski definition) is 0. The fourth-order valence-electron chi connectivity index (χ4n) is 6.21. The number of alkyl halides is 69. The van der Waals surface area contributed by atoms with Crippen LogP contribution in [0.1, 0.15) is 0 Å². The van der Waals surface area contributed by atoms with Gasteiger partial charge in [-0.15, -0.1) is 0 Å². The van der Waals surface area contributed by atoms with Crippen LogP contribution >= 0.6 is 0 Å². The summed E-state index contributed by atoms with van der Waals surface area (Å²) in [4.78, 5) is 35.7. The van der Waals surface area contributed by atoms with Crippen molar-refractivity contribution in [2.24, 2.45) is 0 Å². The van der Waals surface area contributed by atoms with Gasteiger partial charge in [0.05, 0.1) is 0 Å². The third-order valence-corrected chi connectivity index (χ3v) is 14.3. The van der Waals surface area contributed by atoms with E-state index in [-0.39, 0.29) is 0 Å². The van der Waals surface area contributed by atoms with Crippen LogP contribution in [0.15, 0.2) is 0 Å². The van der Waals surface area contributed by atoms with Gasteiger partial charge in [-0.2, -0.15) is 303 Å². The van der Waals surface area contributed by atoms with E-state index in [4.69, 9.17) is 0 Å². The van der Waals surface area contributed by atoms with E-state index in [2.05, 4.69) is 0 Å². The third-order valence-electron chi connectivity index (χ3n) is 13.1. The molecule has 6 nitrogen and oxygen atoms in total. The molecule has 0 atom stereocenters. The molecule has 0 saturated heterocycles. The summed E-state index contributed by atoms with van der Waals surface area (Å²) < 4.78 is 961. The summed E-state index contributed by atoms with van der Waals surface area (Å²) in [6, 6.07) is 0. The summed E-state index contributed by atoms with van der Waals surface area (Å²) in [5, 5.41) is 0. The summed E-state index contributed by atoms with van der Waals surface area (Å²) in [7, 11) is 0. The van der Waals surface area contributed by atoms with Gasteiger partial charge in [0.15, 0.2) is 0 Å². The van der Waals surface area contributed by atoms with E-state index in [9.17, 15) is 317 Å². The first-order valence-electron chi connectivity index (χ1n) is 23.2. The first-order chi connectivity index (χ1) is 47.0. The molecule has 0 aromatic carbocycles. The topological polar surface area (TPSA) is 78.9 Å². The Labute approximate surface area is 559 Å². The largest absolute Gasteiger partial charge is 1.20 e. The second-order valence-corrected chi connectivity index (χ2v) is 21.5. The standard InChI is InChI=1S/3C12HF23O2.Al/c3*13-2(14,1(36)37)3(15,16)4(17,18)5(19,20)6(21,22)7(23,24)8(25,26)9(27,28)10(29,30)11(31,32)12(33,34)35;/h3*(H,36,37);/q;;;+3/p-3. The van der Waals surface area contributed by atoms with Crippen molar-refractivity contribution in [3.05, 3.63) is 0 Å². The average molecular weight is 1870 g/mol. The SMILES string of the molecule is O=C([O][Al]([O]C(=O)C(F)(F)C(F)(F)C(F)(F)C(F)(F)C(F)(F)C(F)(F)C(F)(F)C(F)(F)C(F)(F)C(F)(F)C(F)(F)F)[O]C(=O)C(F)(F)C(F)(F)C(F)(F)C(F)(F)C(F)(F)C(F)(F)C(F)(F)C(F)(F)C(F)(F)C(F)(F)C(F)(F)F)C(F)(F)C(F)(F)C(F)(F)C(F)(F)C(F)(F)C(F)(F)C(F)(F)C(F)(F)C(F)(F)C(F)(F)C(F)(F)F. The quantitative estimate of drug-likeness (QED) is 0.0481. The predicted molar refractivity (Wildman–Crippen MR) is 191 cm³/mol. The molecule has 0 aromatic rings. The van der Waals surface area contributed by atoms with E-state index in [1.807, 2.05) is 0 Å². The lowest BCUT2D eigenvalue weighted by Gasteiger charge is -2.45. The van der Waals surface area contributed by atoms with Gasteiger partial charge in [-0.25, -0.2) is 14.4 Å². The van der Waals surface area contributed by atoms with E-state index in [1.54, 1.807) is 0 Å². The van der Waals surface area contributed by atoms with Crippen LogP contribution in [0.4, 0.5) is 303 Å². The molecule has 0 unspecified atom stereocenters. The van der Waals surface area contributed by atoms with Crippen LogP contribution in [-0.4, -0.2) is 229 Å². The molecule has 0 fully saturated rings. The summed E-state index contributed by atoms with van der Waals surface area (Å²) in [5.41, 5.74) is 0. The minimum atomic E-state index is -10.8. The fourth-order valence-corrected chi connectivity index (χ4v) is 7.32. The van der Waals surface area contributed by atoms with Gasteiger partial charge in [-0.05, 0) is 0 Å². The molecule has 0 N–H and O–H groups in total. The van der Waals surface area contributed by atoms with Crippen LogP contribution in [-0.2, 0) is 25.7 Å². The first kappa shape index (κ1) is 106. The summed E-state index contributed by atoms with van der Waals surface area (Å²) >= 11 is -9.92. The minimum absolute atomic E-state index is 1.46. The lowest BCUT2D eigenvalue weighted by molar-refractivity contribution is -0.477. The zero-order valence-electron chi connectivity index (χ0n) is 47.1. The predicted octanol–water partition coefficient (Wildman–Crippen LogP) is 20.3. The monoisotopic (exact) mass is 1870 g/mol. The number of rotatable bonds is 33. The smallest absolute Gasteiger partial charge is 0.546 e. The van der Waals surface area contributed by atoms with E-state index in [1.165, 1.54) is 11.4 Å². The maximum absolute atomic E-state index is 14.8. The van der Waals surface area contributed by atoms with Crippen molar-refractivity contribution in [1.29, 1.82) is 0 Å². The molecule has 0 aliphatic rings. The van der Waals surface area contributed by atoms with Gasteiger partial charge in [0.2, 0.25) is 0 Å². The van der Waals surface area contributed by atoms with Crippen LogP contribution < -0.4 is 0 Å². The molecule has 0 amide bonds. The van der Waals surface area contributed by atoms with Crippen molar-refractivity contribution in [3.8, 4) is 0 Å². The second kappa shape index (κ2) is 26.6. The van der Waals surface area contributed by atoms with Crippen molar-refractivity contribution in [2.45, 2.75) is 196 Å². The third kappa shape index (κ3) is 12.8. The summed E-state index contributed by atoms with van der Waals surface area (Å²) in [6.07, 6.45) is -26.4. The molecule has 0 aromatic heterocycles. The Hall–Kier alpha value is -5.89. The lowest BCUT2D eigenvalue weighted by Crippen LogP contribution is -2.78. The minimum Gasteiger partial charge on any atom is -0.546 e. The molecule has 112 heavy (non-hydrogen) atoms. The van der Waals surface area contributed by atoms with Crippen LogP contribution in [0, 0.1) is 0 Å². The Balaban J connectivity index is 9.28. The Morgan fingerprint density at radius 3 is 0.277 bits per heavy atom. The van der Waals surface area contributed by atoms with Crippen molar-refractivity contribution in [1.82, 2.24) is 0 Å². The summed E-state index contributed by atoms with van der Waals surface area (Å²) in [6.45, 7) is 0. The molecular weight excluding hydrogens is 1870 g/mol. The van der Waals surface area contributed by atoms with Crippen LogP contribution in [0.5, 0.6) is 0 Å². The van der Waals surface area contributed by atoms with Gasteiger partial charge in [0, 0.05) is 0 Å². The number of hydrogen-bond acceptors (Lipinski definition) is 6. The molecule has 666 valence electrons. The first-order valence-corrected chi connectivity index (χ1v) is 24.6. The van der Waals surface area contributed by atoms with E-state index < -0.39 is 229 Å². The van der Waals surface area contributed by atoms with E-state index in [0.717, 1.165) is 0 Å². The Morgan fingerprint density at radius 2 is 0.196 bits per heavy atom. The van der Waals surface area contributed by atoms with Crippen molar-refractivity contribution < 1.29 is 329 Å². The second-order valence-electron chi connectivity index (χ2n) is 20.2. The molecule has 0 heterocycles. The molecule has 0 saturated carbocycles. The zero-order chi connectivity index (χ0) is 92.9. The molecule has 76 heteroatoms. The maximum Gasteiger partial charge on any atom is 1.20 e. The van der Waals surface area contributed by atoms with Crippen molar-refractivity contribution in [2.75, 3.05) is 0 Å². The molecular formula is C36AlF69O6. The zero-order valence-corrected chi connectivity index (χ0v) is 48.3. The molecule has 0 spiro atoms. The number of carbonyl (C=O) groups excluding carboxylic acids is 3. The highest BCUT2D eigenvalue weighted by Crippen LogP contribution is 2.72. The van der Waals surface area contributed by atoms with Crippen LogP contribution in [0.25, 0.3) is 0 Å².